The zero-order valence-electron chi connectivity index (χ0n) is 6.65. The molecule has 0 aliphatic carbocycles. The Morgan fingerprint density at radius 3 is 2.40 bits per heavy atom. The summed E-state index contributed by atoms with van der Waals surface area (Å²) < 4.78 is 5.61. The van der Waals surface area contributed by atoms with Crippen molar-refractivity contribution in [2.24, 2.45) is 0 Å². The standard InChI is InChI=1S/C7H14BrNO/c1-5-6(4-8)9-7(2,3)10-5/h5-6,9H,4H2,1-3H3. The van der Waals surface area contributed by atoms with Crippen LogP contribution in [-0.4, -0.2) is 23.2 Å². The Labute approximate surface area is 70.5 Å². The number of alkyl halides is 1. The molecule has 3 heteroatoms. The molecular weight excluding hydrogens is 194 g/mol. The normalized spacial score (nSPS) is 38.4. The van der Waals surface area contributed by atoms with Crippen LogP contribution in [0.2, 0.25) is 0 Å². The van der Waals surface area contributed by atoms with E-state index in [0.29, 0.717) is 12.1 Å². The summed E-state index contributed by atoms with van der Waals surface area (Å²) in [5.41, 5.74) is -0.141. The third-order valence-corrected chi connectivity index (χ3v) is 2.44. The summed E-state index contributed by atoms with van der Waals surface area (Å²) in [6.45, 7) is 6.19. The Bertz CT molecular complexity index is 127. The first kappa shape index (κ1) is 8.50. The molecule has 60 valence electrons. The highest BCUT2D eigenvalue weighted by Gasteiger charge is 2.35. The van der Waals surface area contributed by atoms with Crippen LogP contribution in [0, 0.1) is 0 Å². The molecule has 1 aliphatic heterocycles. The molecule has 1 rings (SSSR count). The lowest BCUT2D eigenvalue weighted by Crippen LogP contribution is -2.39. The van der Waals surface area contributed by atoms with E-state index in [1.807, 2.05) is 13.8 Å². The number of rotatable bonds is 1. The van der Waals surface area contributed by atoms with Crippen LogP contribution >= 0.6 is 15.9 Å². The maximum absolute atomic E-state index is 5.61. The highest BCUT2D eigenvalue weighted by Crippen LogP contribution is 2.21. The number of nitrogens with one attached hydrogen (secondary N) is 1. The molecule has 0 saturated carbocycles. The minimum absolute atomic E-state index is 0.141. The zero-order valence-corrected chi connectivity index (χ0v) is 8.23. The molecule has 0 radical (unpaired) electrons. The van der Waals surface area contributed by atoms with Gasteiger partial charge in [0.05, 0.1) is 6.10 Å². The van der Waals surface area contributed by atoms with Crippen molar-refractivity contribution in [3.8, 4) is 0 Å². The van der Waals surface area contributed by atoms with Gasteiger partial charge in [0.25, 0.3) is 0 Å². The Balaban J connectivity index is 2.52. The number of halogens is 1. The molecule has 0 amide bonds. The van der Waals surface area contributed by atoms with E-state index in [1.54, 1.807) is 0 Å². The molecule has 2 unspecified atom stereocenters. The van der Waals surface area contributed by atoms with Crippen LogP contribution in [0.5, 0.6) is 0 Å². The molecule has 0 bridgehead atoms. The van der Waals surface area contributed by atoms with Gasteiger partial charge in [-0.3, -0.25) is 5.32 Å². The van der Waals surface area contributed by atoms with Gasteiger partial charge in [0.15, 0.2) is 0 Å². The summed E-state index contributed by atoms with van der Waals surface area (Å²) in [7, 11) is 0. The zero-order chi connectivity index (χ0) is 7.78. The molecule has 10 heavy (non-hydrogen) atoms. The Hall–Kier alpha value is 0.400. The third-order valence-electron chi connectivity index (χ3n) is 1.75. The van der Waals surface area contributed by atoms with Crippen molar-refractivity contribution in [1.29, 1.82) is 0 Å². The lowest BCUT2D eigenvalue weighted by atomic mass is 10.2. The Morgan fingerprint density at radius 2 is 2.20 bits per heavy atom. The number of ether oxygens (including phenoxy) is 1. The molecule has 0 aromatic rings. The van der Waals surface area contributed by atoms with E-state index in [2.05, 4.69) is 28.2 Å². The molecule has 1 fully saturated rings. The predicted molar refractivity (Wildman–Crippen MR) is 45.3 cm³/mol. The van der Waals surface area contributed by atoms with Crippen molar-refractivity contribution in [3.63, 3.8) is 0 Å². The van der Waals surface area contributed by atoms with E-state index in [4.69, 9.17) is 4.74 Å². The van der Waals surface area contributed by atoms with Crippen LogP contribution in [-0.2, 0) is 4.74 Å². The van der Waals surface area contributed by atoms with Crippen molar-refractivity contribution in [3.05, 3.63) is 0 Å². The van der Waals surface area contributed by atoms with Crippen molar-refractivity contribution >= 4 is 15.9 Å². The van der Waals surface area contributed by atoms with Gasteiger partial charge >= 0.3 is 0 Å². The van der Waals surface area contributed by atoms with Crippen molar-refractivity contribution < 1.29 is 4.74 Å². The second kappa shape index (κ2) is 2.80. The molecule has 0 spiro atoms. The molecule has 1 aliphatic rings. The van der Waals surface area contributed by atoms with Gasteiger partial charge in [0.2, 0.25) is 0 Å². The van der Waals surface area contributed by atoms with E-state index in [9.17, 15) is 0 Å². The van der Waals surface area contributed by atoms with Gasteiger partial charge in [0, 0.05) is 11.4 Å². The average molecular weight is 208 g/mol. The van der Waals surface area contributed by atoms with Crippen LogP contribution in [0.4, 0.5) is 0 Å². The van der Waals surface area contributed by atoms with E-state index in [1.165, 1.54) is 0 Å². The van der Waals surface area contributed by atoms with E-state index < -0.39 is 0 Å². The lowest BCUT2D eigenvalue weighted by Gasteiger charge is -2.17. The van der Waals surface area contributed by atoms with Crippen LogP contribution in [0.25, 0.3) is 0 Å². The van der Waals surface area contributed by atoms with Gasteiger partial charge in [-0.15, -0.1) is 0 Å². The third kappa shape index (κ3) is 1.71. The molecule has 1 heterocycles. The maximum atomic E-state index is 5.61. The van der Waals surface area contributed by atoms with Crippen LogP contribution in [0.3, 0.4) is 0 Å². The second-order valence-corrected chi connectivity index (χ2v) is 3.89. The molecule has 1 saturated heterocycles. The second-order valence-electron chi connectivity index (χ2n) is 3.24. The largest absolute Gasteiger partial charge is 0.357 e. The lowest BCUT2D eigenvalue weighted by molar-refractivity contribution is -0.0167. The summed E-state index contributed by atoms with van der Waals surface area (Å²) in [5, 5.41) is 4.32. The van der Waals surface area contributed by atoms with Crippen molar-refractivity contribution in [2.75, 3.05) is 5.33 Å². The summed E-state index contributed by atoms with van der Waals surface area (Å²) >= 11 is 3.43. The minimum atomic E-state index is -0.141. The van der Waals surface area contributed by atoms with Crippen molar-refractivity contribution in [2.45, 2.75) is 38.6 Å². The molecule has 2 atom stereocenters. The summed E-state index contributed by atoms with van der Waals surface area (Å²) in [6.07, 6.45) is 0.314. The quantitative estimate of drug-likeness (QED) is 0.659. The number of hydrogen-bond donors (Lipinski definition) is 1. The van der Waals surface area contributed by atoms with Gasteiger partial charge in [-0.2, -0.15) is 0 Å². The van der Waals surface area contributed by atoms with Crippen LogP contribution in [0.1, 0.15) is 20.8 Å². The first-order valence-electron chi connectivity index (χ1n) is 3.56. The molecule has 1 N–H and O–H groups in total. The predicted octanol–water partition coefficient (Wildman–Crippen LogP) is 1.49. The number of hydrogen-bond acceptors (Lipinski definition) is 2. The summed E-state index contributed by atoms with van der Waals surface area (Å²) in [6, 6.07) is 0.454. The highest BCUT2D eigenvalue weighted by atomic mass is 79.9. The fourth-order valence-electron chi connectivity index (χ4n) is 1.31. The van der Waals surface area contributed by atoms with E-state index in [0.717, 1.165) is 5.33 Å². The first-order chi connectivity index (χ1) is 4.55. The molecule has 0 aromatic carbocycles. The first-order valence-corrected chi connectivity index (χ1v) is 4.69. The van der Waals surface area contributed by atoms with Gasteiger partial charge in [-0.05, 0) is 20.8 Å². The van der Waals surface area contributed by atoms with E-state index >= 15 is 0 Å². The van der Waals surface area contributed by atoms with Gasteiger partial charge < -0.3 is 4.74 Å². The smallest absolute Gasteiger partial charge is 0.114 e. The molecule has 2 nitrogen and oxygen atoms in total. The monoisotopic (exact) mass is 207 g/mol. The van der Waals surface area contributed by atoms with Gasteiger partial charge in [0.1, 0.15) is 5.72 Å². The topological polar surface area (TPSA) is 21.3 Å². The van der Waals surface area contributed by atoms with Gasteiger partial charge in [-0.1, -0.05) is 15.9 Å². The minimum Gasteiger partial charge on any atom is -0.357 e. The fraction of sp³-hybridized carbons (Fsp3) is 1.00. The maximum Gasteiger partial charge on any atom is 0.114 e. The van der Waals surface area contributed by atoms with Crippen molar-refractivity contribution in [1.82, 2.24) is 5.32 Å². The van der Waals surface area contributed by atoms with Gasteiger partial charge in [-0.25, -0.2) is 0 Å². The average Bonchev–Trinajstić information content (AvgIpc) is 2.05. The summed E-state index contributed by atoms with van der Waals surface area (Å²) in [4.78, 5) is 0. The Morgan fingerprint density at radius 1 is 1.60 bits per heavy atom. The summed E-state index contributed by atoms with van der Waals surface area (Å²) in [5.74, 6) is 0. The SMILES string of the molecule is CC1OC(C)(C)NC1CBr. The van der Waals surface area contributed by atoms with E-state index in [-0.39, 0.29) is 5.72 Å². The highest BCUT2D eigenvalue weighted by molar-refractivity contribution is 9.09. The Kier molecular flexibility index (Phi) is 2.38. The molecule has 0 aromatic heterocycles. The van der Waals surface area contributed by atoms with Crippen LogP contribution in [0.15, 0.2) is 0 Å². The fourth-order valence-corrected chi connectivity index (χ4v) is 2.00. The van der Waals surface area contributed by atoms with Crippen LogP contribution < -0.4 is 5.32 Å². The molecular formula is C7H14BrNO.